The molecule has 0 fully saturated rings. The van der Waals surface area contributed by atoms with Crippen molar-refractivity contribution in [3.63, 3.8) is 0 Å². The Labute approximate surface area is 123 Å². The molecule has 0 aromatic heterocycles. The first-order chi connectivity index (χ1) is 9.67. The second-order valence-electron chi connectivity index (χ2n) is 5.08. The molecule has 1 aromatic carbocycles. The van der Waals surface area contributed by atoms with E-state index in [9.17, 15) is 4.79 Å². The lowest BCUT2D eigenvalue weighted by molar-refractivity contribution is 0.211. The third-order valence-corrected chi connectivity index (χ3v) is 3.51. The average Bonchev–Trinajstić information content (AvgIpc) is 2.47. The third kappa shape index (κ3) is 4.26. The highest BCUT2D eigenvalue weighted by atomic mass is 16.2. The monoisotopic (exact) mass is 276 g/mol. The second-order valence-corrected chi connectivity index (χ2v) is 5.08. The molecule has 0 unspecified atom stereocenters. The highest BCUT2D eigenvalue weighted by Crippen LogP contribution is 2.23. The normalized spacial score (nSPS) is 10.4. The van der Waals surface area contributed by atoms with Crippen LogP contribution < -0.4 is 5.32 Å². The molecule has 2 amide bonds. The number of hydrogen-bond donors (Lipinski definition) is 1. The van der Waals surface area contributed by atoms with Gasteiger partial charge in [-0.3, -0.25) is 0 Å². The Morgan fingerprint density at radius 1 is 1.00 bits per heavy atom. The summed E-state index contributed by atoms with van der Waals surface area (Å²) in [5.41, 5.74) is 3.44. The summed E-state index contributed by atoms with van der Waals surface area (Å²) in [5, 5.41) is 3.14. The van der Waals surface area contributed by atoms with Crippen LogP contribution in [0.3, 0.4) is 0 Å². The highest BCUT2D eigenvalue weighted by Gasteiger charge is 2.15. The first-order valence-electron chi connectivity index (χ1n) is 7.84. The van der Waals surface area contributed by atoms with Crippen molar-refractivity contribution in [2.45, 2.75) is 53.4 Å². The molecule has 20 heavy (non-hydrogen) atoms. The number of amides is 2. The molecule has 112 valence electrons. The number of nitrogens with one attached hydrogen (secondary N) is 1. The van der Waals surface area contributed by atoms with Crippen molar-refractivity contribution in [1.29, 1.82) is 0 Å². The fourth-order valence-corrected chi connectivity index (χ4v) is 2.44. The molecule has 3 heteroatoms. The molecule has 0 bridgehead atoms. The maximum Gasteiger partial charge on any atom is 0.321 e. The number of nitrogens with zero attached hydrogens (tertiary/aromatic N) is 1. The summed E-state index contributed by atoms with van der Waals surface area (Å²) in [4.78, 5) is 14.4. The van der Waals surface area contributed by atoms with Crippen molar-refractivity contribution in [1.82, 2.24) is 4.90 Å². The molecule has 0 spiro atoms. The van der Waals surface area contributed by atoms with Crippen LogP contribution in [-0.4, -0.2) is 24.0 Å². The van der Waals surface area contributed by atoms with E-state index < -0.39 is 0 Å². The number of carbonyl (C=O) groups excluding carboxylic acids is 1. The van der Waals surface area contributed by atoms with E-state index in [0.29, 0.717) is 0 Å². The van der Waals surface area contributed by atoms with Crippen molar-refractivity contribution in [3.05, 3.63) is 29.3 Å². The minimum atomic E-state index is 0.0318. The molecule has 1 aromatic rings. The first-order valence-corrected chi connectivity index (χ1v) is 7.84. The van der Waals surface area contributed by atoms with Gasteiger partial charge in [-0.05, 0) is 36.8 Å². The van der Waals surface area contributed by atoms with E-state index in [2.05, 4.69) is 51.2 Å². The second kappa shape index (κ2) is 8.62. The van der Waals surface area contributed by atoms with E-state index in [-0.39, 0.29) is 6.03 Å². The summed E-state index contributed by atoms with van der Waals surface area (Å²) >= 11 is 0. The predicted molar refractivity (Wildman–Crippen MR) is 86.4 cm³/mol. The van der Waals surface area contributed by atoms with Crippen LogP contribution in [0, 0.1) is 0 Å². The van der Waals surface area contributed by atoms with E-state index in [0.717, 1.165) is 44.5 Å². The van der Waals surface area contributed by atoms with E-state index in [1.54, 1.807) is 0 Å². The van der Waals surface area contributed by atoms with Crippen LogP contribution in [0.15, 0.2) is 18.2 Å². The number of benzene rings is 1. The van der Waals surface area contributed by atoms with Gasteiger partial charge in [-0.25, -0.2) is 4.79 Å². The molecule has 1 N–H and O–H groups in total. The summed E-state index contributed by atoms with van der Waals surface area (Å²) in [6, 6.07) is 6.30. The largest absolute Gasteiger partial charge is 0.325 e. The molecule has 3 nitrogen and oxygen atoms in total. The first kappa shape index (κ1) is 16.5. The van der Waals surface area contributed by atoms with Gasteiger partial charge in [0.15, 0.2) is 0 Å². The molecule has 0 saturated carbocycles. The predicted octanol–water partition coefficient (Wildman–Crippen LogP) is 4.47. The summed E-state index contributed by atoms with van der Waals surface area (Å²) in [6.07, 6.45) is 3.85. The molecule has 1 rings (SSSR count). The average molecular weight is 276 g/mol. The van der Waals surface area contributed by atoms with Crippen molar-refractivity contribution in [2.75, 3.05) is 18.4 Å². The van der Waals surface area contributed by atoms with Gasteiger partial charge >= 0.3 is 6.03 Å². The SMILES string of the molecule is CCCN(CCC)C(=O)Nc1c(CC)cccc1CC. The fraction of sp³-hybridized carbons (Fsp3) is 0.588. The number of aryl methyl sites for hydroxylation is 2. The van der Waals surface area contributed by atoms with Crippen molar-refractivity contribution in [3.8, 4) is 0 Å². The fourth-order valence-electron chi connectivity index (χ4n) is 2.44. The lowest BCUT2D eigenvalue weighted by atomic mass is 10.0. The van der Waals surface area contributed by atoms with Crippen molar-refractivity contribution < 1.29 is 4.79 Å². The number of para-hydroxylation sites is 1. The van der Waals surface area contributed by atoms with Crippen LogP contribution in [-0.2, 0) is 12.8 Å². The van der Waals surface area contributed by atoms with Gasteiger partial charge in [0.05, 0.1) is 0 Å². The Bertz CT molecular complexity index is 401. The summed E-state index contributed by atoms with van der Waals surface area (Å²) in [7, 11) is 0. The van der Waals surface area contributed by atoms with Crippen molar-refractivity contribution >= 4 is 11.7 Å². The maximum atomic E-state index is 12.4. The zero-order valence-electron chi connectivity index (χ0n) is 13.3. The van der Waals surface area contributed by atoms with Gasteiger partial charge < -0.3 is 10.2 Å². The van der Waals surface area contributed by atoms with Gasteiger partial charge in [-0.1, -0.05) is 45.9 Å². The van der Waals surface area contributed by atoms with E-state index in [1.807, 2.05) is 4.90 Å². The zero-order valence-corrected chi connectivity index (χ0v) is 13.3. The molecular formula is C17H28N2O. The Kier molecular flexibility index (Phi) is 7.13. The Hall–Kier alpha value is -1.51. The standard InChI is InChI=1S/C17H28N2O/c1-5-12-19(13-6-2)17(20)18-16-14(7-3)10-9-11-15(16)8-4/h9-11H,5-8,12-13H2,1-4H3,(H,18,20). The van der Waals surface area contributed by atoms with Crippen LogP contribution >= 0.6 is 0 Å². The Morgan fingerprint density at radius 2 is 1.50 bits per heavy atom. The third-order valence-electron chi connectivity index (χ3n) is 3.51. The van der Waals surface area contributed by atoms with Gasteiger partial charge in [0.2, 0.25) is 0 Å². The molecule has 0 aliphatic carbocycles. The van der Waals surface area contributed by atoms with Crippen LogP contribution in [0.25, 0.3) is 0 Å². The number of anilines is 1. The van der Waals surface area contributed by atoms with E-state index in [1.165, 1.54) is 11.1 Å². The van der Waals surface area contributed by atoms with Gasteiger partial charge in [0.25, 0.3) is 0 Å². The zero-order chi connectivity index (χ0) is 15.0. The summed E-state index contributed by atoms with van der Waals surface area (Å²) in [5.74, 6) is 0. The lowest BCUT2D eigenvalue weighted by Gasteiger charge is -2.23. The van der Waals surface area contributed by atoms with Crippen molar-refractivity contribution in [2.24, 2.45) is 0 Å². The van der Waals surface area contributed by atoms with Gasteiger partial charge in [-0.2, -0.15) is 0 Å². The maximum absolute atomic E-state index is 12.4. The molecule has 0 saturated heterocycles. The molecule has 0 heterocycles. The molecule has 0 aliphatic heterocycles. The van der Waals surface area contributed by atoms with Gasteiger partial charge in [0.1, 0.15) is 0 Å². The van der Waals surface area contributed by atoms with Gasteiger partial charge in [0, 0.05) is 18.8 Å². The molecule has 0 radical (unpaired) electrons. The van der Waals surface area contributed by atoms with Crippen LogP contribution in [0.4, 0.5) is 10.5 Å². The molecule has 0 atom stereocenters. The number of carbonyl (C=O) groups is 1. The quantitative estimate of drug-likeness (QED) is 0.783. The summed E-state index contributed by atoms with van der Waals surface area (Å²) in [6.45, 7) is 10.1. The topological polar surface area (TPSA) is 32.3 Å². The van der Waals surface area contributed by atoms with Crippen LogP contribution in [0.1, 0.15) is 51.7 Å². The van der Waals surface area contributed by atoms with Crippen LogP contribution in [0.2, 0.25) is 0 Å². The smallest absolute Gasteiger partial charge is 0.321 e. The number of urea groups is 1. The molecular weight excluding hydrogens is 248 g/mol. The summed E-state index contributed by atoms with van der Waals surface area (Å²) < 4.78 is 0. The van der Waals surface area contributed by atoms with Crippen LogP contribution in [0.5, 0.6) is 0 Å². The highest BCUT2D eigenvalue weighted by molar-refractivity contribution is 5.91. The van der Waals surface area contributed by atoms with E-state index >= 15 is 0 Å². The number of hydrogen-bond acceptors (Lipinski definition) is 1. The Balaban J connectivity index is 2.93. The van der Waals surface area contributed by atoms with Gasteiger partial charge in [-0.15, -0.1) is 0 Å². The number of rotatable bonds is 7. The van der Waals surface area contributed by atoms with E-state index in [4.69, 9.17) is 0 Å². The molecule has 0 aliphatic rings. The lowest BCUT2D eigenvalue weighted by Crippen LogP contribution is -2.36. The minimum absolute atomic E-state index is 0.0318. The Morgan fingerprint density at radius 3 is 1.90 bits per heavy atom. The minimum Gasteiger partial charge on any atom is -0.325 e.